The summed E-state index contributed by atoms with van der Waals surface area (Å²) in [7, 11) is 1.96. The number of rotatable bonds is 2. The molecule has 1 spiro atoms. The quantitative estimate of drug-likeness (QED) is 0.895. The molecule has 1 saturated heterocycles. The molecule has 0 radical (unpaired) electrons. The zero-order valence-corrected chi connectivity index (χ0v) is 13.2. The van der Waals surface area contributed by atoms with E-state index < -0.39 is 0 Å². The first-order chi connectivity index (χ1) is 10.6. The summed E-state index contributed by atoms with van der Waals surface area (Å²) >= 11 is 0. The van der Waals surface area contributed by atoms with Gasteiger partial charge in [-0.05, 0) is 37.3 Å². The van der Waals surface area contributed by atoms with Crippen molar-refractivity contribution in [3.05, 3.63) is 36.0 Å². The highest BCUT2D eigenvalue weighted by molar-refractivity contribution is 5.89. The van der Waals surface area contributed by atoms with E-state index in [9.17, 15) is 4.79 Å². The van der Waals surface area contributed by atoms with Crippen LogP contribution in [-0.2, 0) is 4.79 Å². The Morgan fingerprint density at radius 2 is 2.00 bits per heavy atom. The maximum Gasteiger partial charge on any atom is 0.241 e. The fourth-order valence-corrected chi connectivity index (χ4v) is 4.30. The third kappa shape index (κ3) is 1.83. The number of aromatic nitrogens is 1. The number of amides is 1. The van der Waals surface area contributed by atoms with E-state index in [1.165, 1.54) is 23.8 Å². The van der Waals surface area contributed by atoms with Gasteiger partial charge in [-0.15, -0.1) is 0 Å². The summed E-state index contributed by atoms with van der Waals surface area (Å²) in [6, 6.07) is 8.18. The smallest absolute Gasteiger partial charge is 0.241 e. The molecule has 2 atom stereocenters. The standard InChI is InChI=1S/C18H23N3O/c1-12(14-11-19-15-8-4-3-7-13(14)15)16-17(22)21(2)18(20-16)9-5-6-10-18/h3-4,7-8,11-12,16,19-20H,5-6,9-10H2,1-2H3/t12?,16-/m1/s1. The number of carbonyl (C=O) groups is 1. The first kappa shape index (κ1) is 13.8. The minimum atomic E-state index is -0.123. The van der Waals surface area contributed by atoms with E-state index in [0.717, 1.165) is 18.4 Å². The van der Waals surface area contributed by atoms with E-state index in [0.29, 0.717) is 0 Å². The number of H-pyrrole nitrogens is 1. The molecule has 1 amide bonds. The van der Waals surface area contributed by atoms with Gasteiger partial charge in [0.25, 0.3) is 0 Å². The van der Waals surface area contributed by atoms with Crippen LogP contribution in [0.3, 0.4) is 0 Å². The van der Waals surface area contributed by atoms with Crippen LogP contribution in [0.2, 0.25) is 0 Å². The van der Waals surface area contributed by atoms with Crippen LogP contribution in [0.4, 0.5) is 0 Å². The second-order valence-electron chi connectivity index (χ2n) is 6.84. The van der Waals surface area contributed by atoms with Crippen molar-refractivity contribution in [1.29, 1.82) is 0 Å². The Kier molecular flexibility index (Phi) is 3.05. The van der Waals surface area contributed by atoms with Crippen LogP contribution in [0.25, 0.3) is 10.9 Å². The number of para-hydroxylation sites is 1. The molecule has 2 aromatic rings. The first-order valence-electron chi connectivity index (χ1n) is 8.24. The predicted octanol–water partition coefficient (Wildman–Crippen LogP) is 2.97. The fraction of sp³-hybridized carbons (Fsp3) is 0.500. The van der Waals surface area contributed by atoms with Gasteiger partial charge >= 0.3 is 0 Å². The van der Waals surface area contributed by atoms with Crippen molar-refractivity contribution in [1.82, 2.24) is 15.2 Å². The number of likely N-dealkylation sites (N-methyl/N-ethyl adjacent to an activating group) is 1. The lowest BCUT2D eigenvalue weighted by Gasteiger charge is -2.31. The number of fused-ring (bicyclic) bond motifs is 1. The second kappa shape index (κ2) is 4.85. The number of hydrogen-bond donors (Lipinski definition) is 2. The minimum absolute atomic E-state index is 0.0951. The van der Waals surface area contributed by atoms with Crippen molar-refractivity contribution >= 4 is 16.8 Å². The van der Waals surface area contributed by atoms with E-state index in [1.807, 2.05) is 18.0 Å². The molecule has 1 aromatic carbocycles. The van der Waals surface area contributed by atoms with Crippen LogP contribution < -0.4 is 5.32 Å². The Bertz CT molecular complexity index is 714. The first-order valence-corrected chi connectivity index (χ1v) is 8.24. The van der Waals surface area contributed by atoms with Gasteiger partial charge in [0.15, 0.2) is 0 Å². The van der Waals surface area contributed by atoms with Crippen LogP contribution in [0.5, 0.6) is 0 Å². The molecule has 2 N–H and O–H groups in total. The molecule has 22 heavy (non-hydrogen) atoms. The summed E-state index contributed by atoms with van der Waals surface area (Å²) in [5.74, 6) is 0.394. The maximum absolute atomic E-state index is 12.8. The average Bonchev–Trinajstić information content (AvgIpc) is 3.23. The number of nitrogens with zero attached hydrogens (tertiary/aromatic N) is 1. The number of aromatic amines is 1. The van der Waals surface area contributed by atoms with Crippen LogP contribution >= 0.6 is 0 Å². The lowest BCUT2D eigenvalue weighted by molar-refractivity contribution is -0.130. The van der Waals surface area contributed by atoms with Gasteiger partial charge < -0.3 is 9.88 Å². The molecule has 2 fully saturated rings. The van der Waals surface area contributed by atoms with Crippen molar-refractivity contribution in [2.45, 2.75) is 50.2 Å². The van der Waals surface area contributed by atoms with Gasteiger partial charge in [0.05, 0.1) is 11.7 Å². The lowest BCUT2D eigenvalue weighted by atomic mass is 9.92. The van der Waals surface area contributed by atoms with Crippen molar-refractivity contribution in [3.63, 3.8) is 0 Å². The molecule has 0 bridgehead atoms. The molecule has 1 aliphatic heterocycles. The zero-order valence-electron chi connectivity index (χ0n) is 13.2. The lowest BCUT2D eigenvalue weighted by Crippen LogP contribution is -2.48. The molecule has 1 aromatic heterocycles. The molecule has 1 unspecified atom stereocenters. The third-order valence-electron chi connectivity index (χ3n) is 5.71. The van der Waals surface area contributed by atoms with Gasteiger partial charge in [0, 0.05) is 30.1 Å². The molecule has 116 valence electrons. The van der Waals surface area contributed by atoms with Crippen LogP contribution in [0.15, 0.2) is 30.5 Å². The molecule has 2 heterocycles. The summed E-state index contributed by atoms with van der Waals surface area (Å²) in [4.78, 5) is 18.1. The molecule has 2 aliphatic rings. The van der Waals surface area contributed by atoms with E-state index in [4.69, 9.17) is 0 Å². The second-order valence-corrected chi connectivity index (χ2v) is 6.84. The van der Waals surface area contributed by atoms with Gasteiger partial charge in [-0.2, -0.15) is 0 Å². The number of carbonyl (C=O) groups excluding carboxylic acids is 1. The van der Waals surface area contributed by atoms with E-state index in [2.05, 4.69) is 41.6 Å². The van der Waals surface area contributed by atoms with Crippen LogP contribution in [0, 0.1) is 0 Å². The molecule has 4 nitrogen and oxygen atoms in total. The van der Waals surface area contributed by atoms with Crippen molar-refractivity contribution in [2.75, 3.05) is 7.05 Å². The molecular formula is C18H23N3O. The van der Waals surface area contributed by atoms with Gasteiger partial charge in [0.2, 0.25) is 5.91 Å². The van der Waals surface area contributed by atoms with Crippen molar-refractivity contribution in [2.24, 2.45) is 0 Å². The Balaban J connectivity index is 1.68. The zero-order chi connectivity index (χ0) is 15.3. The number of benzene rings is 1. The van der Waals surface area contributed by atoms with E-state index >= 15 is 0 Å². The summed E-state index contributed by atoms with van der Waals surface area (Å²) in [6.07, 6.45) is 6.63. The van der Waals surface area contributed by atoms with E-state index in [1.54, 1.807) is 0 Å². The topological polar surface area (TPSA) is 48.1 Å². The monoisotopic (exact) mass is 297 g/mol. The Morgan fingerprint density at radius 3 is 2.77 bits per heavy atom. The minimum Gasteiger partial charge on any atom is -0.361 e. The summed E-state index contributed by atoms with van der Waals surface area (Å²) in [6.45, 7) is 2.16. The normalized spacial score (nSPS) is 25.5. The highest BCUT2D eigenvalue weighted by Crippen LogP contribution is 2.40. The summed E-state index contributed by atoms with van der Waals surface area (Å²) in [5, 5.41) is 4.90. The van der Waals surface area contributed by atoms with E-state index in [-0.39, 0.29) is 23.5 Å². The summed E-state index contributed by atoms with van der Waals surface area (Å²) in [5.41, 5.74) is 2.27. The Labute approximate surface area is 130 Å². The van der Waals surface area contributed by atoms with Crippen LogP contribution in [0.1, 0.15) is 44.1 Å². The number of hydrogen-bond acceptors (Lipinski definition) is 2. The maximum atomic E-state index is 12.8. The van der Waals surface area contributed by atoms with Crippen LogP contribution in [-0.4, -0.2) is 34.5 Å². The van der Waals surface area contributed by atoms with Gasteiger partial charge in [-0.1, -0.05) is 25.1 Å². The van der Waals surface area contributed by atoms with Crippen molar-refractivity contribution in [3.8, 4) is 0 Å². The van der Waals surface area contributed by atoms with Gasteiger partial charge in [-0.3, -0.25) is 10.1 Å². The van der Waals surface area contributed by atoms with Gasteiger partial charge in [-0.25, -0.2) is 0 Å². The Morgan fingerprint density at radius 1 is 1.27 bits per heavy atom. The molecule has 1 aliphatic carbocycles. The largest absolute Gasteiger partial charge is 0.361 e. The number of nitrogens with one attached hydrogen (secondary N) is 2. The highest BCUT2D eigenvalue weighted by atomic mass is 16.2. The van der Waals surface area contributed by atoms with Gasteiger partial charge in [0.1, 0.15) is 0 Å². The third-order valence-corrected chi connectivity index (χ3v) is 5.71. The molecule has 4 rings (SSSR count). The predicted molar refractivity (Wildman–Crippen MR) is 87.6 cm³/mol. The highest BCUT2D eigenvalue weighted by Gasteiger charge is 2.51. The molecular weight excluding hydrogens is 274 g/mol. The average molecular weight is 297 g/mol. The summed E-state index contributed by atoms with van der Waals surface area (Å²) < 4.78 is 0. The fourth-order valence-electron chi connectivity index (χ4n) is 4.30. The molecule has 4 heteroatoms. The Hall–Kier alpha value is -1.81. The van der Waals surface area contributed by atoms with Crippen molar-refractivity contribution < 1.29 is 4.79 Å². The SMILES string of the molecule is CC(c1c[nH]c2ccccc12)[C@H]1NC2(CCCC2)N(C)C1=O. The molecule has 1 saturated carbocycles.